The lowest BCUT2D eigenvalue weighted by Crippen LogP contribution is -2.15. The molecule has 1 aliphatic rings. The molecular formula is C20H18ClN3O2S. The molecule has 0 radical (unpaired) electrons. The number of nitrogens with one attached hydrogen (secondary N) is 1. The highest BCUT2D eigenvalue weighted by Crippen LogP contribution is 2.45. The van der Waals surface area contributed by atoms with Crippen molar-refractivity contribution >= 4 is 35.1 Å². The Morgan fingerprint density at radius 2 is 1.96 bits per heavy atom. The minimum absolute atomic E-state index is 0.0505. The van der Waals surface area contributed by atoms with Crippen molar-refractivity contribution in [3.05, 3.63) is 70.4 Å². The third-order valence-corrected chi connectivity index (χ3v) is 6.11. The van der Waals surface area contributed by atoms with Crippen LogP contribution in [0, 0.1) is 6.92 Å². The van der Waals surface area contributed by atoms with Crippen LogP contribution in [0.15, 0.2) is 48.5 Å². The number of anilines is 1. The van der Waals surface area contributed by atoms with Gasteiger partial charge in [-0.2, -0.15) is 5.10 Å². The molecule has 2 heterocycles. The van der Waals surface area contributed by atoms with Crippen molar-refractivity contribution in [3.63, 3.8) is 0 Å². The Balaban J connectivity index is 1.87. The second-order valence-corrected chi connectivity index (χ2v) is 7.72. The number of fused-ring (bicyclic) bond motifs is 1. The number of hydrogen-bond donors (Lipinski definition) is 1. The Labute approximate surface area is 166 Å². The van der Waals surface area contributed by atoms with Crippen molar-refractivity contribution in [1.82, 2.24) is 9.78 Å². The first-order chi connectivity index (χ1) is 13.1. The number of nitrogens with zero attached hydrogens (tertiary/aromatic N) is 2. The molecule has 1 amide bonds. The van der Waals surface area contributed by atoms with E-state index in [0.717, 1.165) is 28.3 Å². The molecule has 0 unspecified atom stereocenters. The van der Waals surface area contributed by atoms with Gasteiger partial charge in [-0.25, -0.2) is 4.68 Å². The molecule has 0 bridgehead atoms. The first kappa shape index (κ1) is 17.9. The lowest BCUT2D eigenvalue weighted by Gasteiger charge is -2.16. The minimum atomic E-state index is -0.0698. The molecule has 1 atom stereocenters. The number of carbonyl (C=O) groups is 1. The summed E-state index contributed by atoms with van der Waals surface area (Å²) in [6.45, 7) is 1.96. The molecule has 27 heavy (non-hydrogen) atoms. The van der Waals surface area contributed by atoms with Gasteiger partial charge >= 0.3 is 0 Å². The van der Waals surface area contributed by atoms with Gasteiger partial charge in [0.25, 0.3) is 0 Å². The predicted molar refractivity (Wildman–Crippen MR) is 109 cm³/mol. The van der Waals surface area contributed by atoms with Gasteiger partial charge in [0, 0.05) is 10.6 Å². The molecule has 0 saturated heterocycles. The molecule has 7 heteroatoms. The number of amides is 1. The normalized spacial score (nSPS) is 16.4. The van der Waals surface area contributed by atoms with Crippen LogP contribution in [-0.2, 0) is 4.79 Å². The quantitative estimate of drug-likeness (QED) is 0.698. The highest BCUT2D eigenvalue weighted by molar-refractivity contribution is 8.00. The van der Waals surface area contributed by atoms with Crippen molar-refractivity contribution < 1.29 is 9.53 Å². The highest BCUT2D eigenvalue weighted by atomic mass is 35.5. The number of aromatic nitrogens is 2. The van der Waals surface area contributed by atoms with E-state index in [4.69, 9.17) is 21.4 Å². The van der Waals surface area contributed by atoms with Gasteiger partial charge < -0.3 is 10.1 Å². The summed E-state index contributed by atoms with van der Waals surface area (Å²) in [6, 6.07) is 15.3. The Bertz CT molecular complexity index is 1000. The molecule has 0 fully saturated rings. The van der Waals surface area contributed by atoms with Crippen molar-refractivity contribution in [2.24, 2.45) is 0 Å². The van der Waals surface area contributed by atoms with Crippen molar-refractivity contribution in [1.29, 1.82) is 0 Å². The van der Waals surface area contributed by atoms with Crippen LogP contribution >= 0.6 is 23.4 Å². The maximum atomic E-state index is 12.4. The topological polar surface area (TPSA) is 56.1 Å². The van der Waals surface area contributed by atoms with Crippen molar-refractivity contribution in [3.8, 4) is 11.4 Å². The summed E-state index contributed by atoms with van der Waals surface area (Å²) >= 11 is 8.02. The molecule has 5 nitrogen and oxygen atoms in total. The maximum absolute atomic E-state index is 12.4. The van der Waals surface area contributed by atoms with Crippen LogP contribution in [0.4, 0.5) is 5.82 Å². The molecule has 1 aromatic heterocycles. The van der Waals surface area contributed by atoms with E-state index in [0.29, 0.717) is 16.6 Å². The van der Waals surface area contributed by atoms with E-state index in [-0.39, 0.29) is 11.2 Å². The van der Waals surface area contributed by atoms with E-state index < -0.39 is 0 Å². The van der Waals surface area contributed by atoms with E-state index in [1.165, 1.54) is 0 Å². The van der Waals surface area contributed by atoms with E-state index >= 15 is 0 Å². The van der Waals surface area contributed by atoms with Gasteiger partial charge in [0.1, 0.15) is 11.6 Å². The van der Waals surface area contributed by atoms with Crippen LogP contribution in [0.1, 0.15) is 22.1 Å². The molecule has 0 saturated carbocycles. The largest absolute Gasteiger partial charge is 0.497 e. The summed E-state index contributed by atoms with van der Waals surface area (Å²) in [6.07, 6.45) is 0. The number of methoxy groups -OCH3 is 1. The van der Waals surface area contributed by atoms with Crippen LogP contribution in [0.5, 0.6) is 5.75 Å². The molecule has 3 aromatic rings. The molecular weight excluding hydrogens is 382 g/mol. The fourth-order valence-corrected chi connectivity index (χ4v) is 4.76. The lowest BCUT2D eigenvalue weighted by atomic mass is 10.0. The SMILES string of the molecule is COc1ccc(-n2nc(C)c3c2NC(=O)CS[C@H]3c2ccccc2Cl)cc1. The highest BCUT2D eigenvalue weighted by Gasteiger charge is 2.31. The standard InChI is InChI=1S/C20H18ClN3O2S/c1-12-18-19(15-5-3-4-6-16(15)21)27-11-17(25)22-20(18)24(23-12)13-7-9-14(26-2)10-8-13/h3-10,19H,11H2,1-2H3,(H,22,25)/t19-/m0/s1. The Morgan fingerprint density at radius 1 is 1.22 bits per heavy atom. The second-order valence-electron chi connectivity index (χ2n) is 6.22. The number of halogens is 1. The van der Waals surface area contributed by atoms with Gasteiger partial charge in [-0.05, 0) is 42.8 Å². The maximum Gasteiger partial charge on any atom is 0.235 e. The van der Waals surface area contributed by atoms with E-state index in [1.54, 1.807) is 23.6 Å². The Kier molecular flexibility index (Phi) is 4.85. The van der Waals surface area contributed by atoms with E-state index in [9.17, 15) is 4.79 Å². The van der Waals surface area contributed by atoms with Crippen LogP contribution in [0.3, 0.4) is 0 Å². The van der Waals surface area contributed by atoms with Gasteiger partial charge in [0.15, 0.2) is 0 Å². The summed E-state index contributed by atoms with van der Waals surface area (Å²) in [5.74, 6) is 1.76. The van der Waals surface area contributed by atoms with Crippen LogP contribution < -0.4 is 10.1 Å². The first-order valence-corrected chi connectivity index (χ1v) is 9.91. The number of ether oxygens (including phenoxy) is 1. The average Bonchev–Trinajstić information content (AvgIpc) is 2.88. The van der Waals surface area contributed by atoms with E-state index in [2.05, 4.69) is 5.32 Å². The molecule has 0 aliphatic carbocycles. The molecule has 4 rings (SSSR count). The molecule has 1 aliphatic heterocycles. The monoisotopic (exact) mass is 399 g/mol. The average molecular weight is 400 g/mol. The minimum Gasteiger partial charge on any atom is -0.497 e. The van der Waals surface area contributed by atoms with Crippen molar-refractivity contribution in [2.75, 3.05) is 18.2 Å². The second kappa shape index (κ2) is 7.29. The van der Waals surface area contributed by atoms with Crippen LogP contribution in [-0.4, -0.2) is 28.6 Å². The zero-order chi connectivity index (χ0) is 19.0. The Hall–Kier alpha value is -2.44. The van der Waals surface area contributed by atoms with Gasteiger partial charge in [-0.15, -0.1) is 11.8 Å². The third-order valence-electron chi connectivity index (χ3n) is 4.51. The van der Waals surface area contributed by atoms with Crippen LogP contribution in [0.25, 0.3) is 5.69 Å². The number of thioether (sulfide) groups is 1. The summed E-state index contributed by atoms with van der Waals surface area (Å²) < 4.78 is 7.01. The predicted octanol–water partition coefficient (Wildman–Crippen LogP) is 4.62. The van der Waals surface area contributed by atoms with Crippen LogP contribution in [0.2, 0.25) is 5.02 Å². The smallest absolute Gasteiger partial charge is 0.235 e. The zero-order valence-corrected chi connectivity index (χ0v) is 16.5. The van der Waals surface area contributed by atoms with Gasteiger partial charge in [-0.3, -0.25) is 4.79 Å². The summed E-state index contributed by atoms with van der Waals surface area (Å²) in [5, 5.41) is 8.35. The molecule has 2 aromatic carbocycles. The molecule has 138 valence electrons. The number of carbonyl (C=O) groups excluding carboxylic acids is 1. The Morgan fingerprint density at radius 3 is 2.67 bits per heavy atom. The number of rotatable bonds is 3. The molecule has 1 N–H and O–H groups in total. The fraction of sp³-hybridized carbons (Fsp3) is 0.200. The fourth-order valence-electron chi connectivity index (χ4n) is 3.23. The van der Waals surface area contributed by atoms with E-state index in [1.807, 2.05) is 55.5 Å². The number of benzene rings is 2. The zero-order valence-electron chi connectivity index (χ0n) is 14.9. The summed E-state index contributed by atoms with van der Waals surface area (Å²) in [5.41, 5.74) is 3.68. The van der Waals surface area contributed by atoms with Gasteiger partial charge in [0.05, 0.1) is 29.5 Å². The summed E-state index contributed by atoms with van der Waals surface area (Å²) in [4.78, 5) is 12.4. The van der Waals surface area contributed by atoms with Gasteiger partial charge in [0.2, 0.25) is 5.91 Å². The molecule has 0 spiro atoms. The van der Waals surface area contributed by atoms with Gasteiger partial charge in [-0.1, -0.05) is 29.8 Å². The lowest BCUT2D eigenvalue weighted by molar-refractivity contribution is -0.113. The third kappa shape index (κ3) is 3.31. The summed E-state index contributed by atoms with van der Waals surface area (Å²) in [7, 11) is 1.63. The number of aryl methyl sites for hydroxylation is 1. The number of hydrogen-bond acceptors (Lipinski definition) is 4. The van der Waals surface area contributed by atoms with Crippen molar-refractivity contribution in [2.45, 2.75) is 12.2 Å². The first-order valence-electron chi connectivity index (χ1n) is 8.48.